The first-order chi connectivity index (χ1) is 18.5. The summed E-state index contributed by atoms with van der Waals surface area (Å²) in [5.74, 6) is -2.34. The van der Waals surface area contributed by atoms with Crippen LogP contribution in [0.1, 0.15) is 86.0 Å². The van der Waals surface area contributed by atoms with Gasteiger partial charge in [-0.25, -0.2) is 0 Å². The van der Waals surface area contributed by atoms with E-state index in [2.05, 4.69) is 20.1 Å². The van der Waals surface area contributed by atoms with Crippen molar-refractivity contribution in [2.24, 2.45) is 17.8 Å². The third-order valence-electron chi connectivity index (χ3n) is 8.94. The average molecular weight is 547 g/mol. The van der Waals surface area contributed by atoms with Crippen molar-refractivity contribution in [3.8, 4) is 0 Å². The molecule has 0 radical (unpaired) electrons. The second kappa shape index (κ2) is 13.0. The van der Waals surface area contributed by atoms with Gasteiger partial charge in [0.15, 0.2) is 0 Å². The minimum Gasteiger partial charge on any atom is -0.465 e. The smallest absolute Gasteiger partial charge is 0.312 e. The Morgan fingerprint density at radius 3 is 2.54 bits per heavy atom. The molecule has 3 heterocycles. The van der Waals surface area contributed by atoms with Crippen molar-refractivity contribution in [3.63, 3.8) is 0 Å². The molecule has 0 aliphatic carbocycles. The Kier molecular flexibility index (Phi) is 10.4. The van der Waals surface area contributed by atoms with Crippen LogP contribution in [0.4, 0.5) is 0 Å². The normalized spacial score (nSPS) is 30.8. The van der Waals surface area contributed by atoms with Gasteiger partial charge in [-0.15, -0.1) is 13.2 Å². The molecular formula is C31H50N2O6. The van der Waals surface area contributed by atoms with Crippen LogP contribution in [-0.2, 0) is 23.9 Å². The van der Waals surface area contributed by atoms with Crippen LogP contribution in [0, 0.1) is 17.8 Å². The summed E-state index contributed by atoms with van der Waals surface area (Å²) < 4.78 is 12.4. The van der Waals surface area contributed by atoms with E-state index in [1.165, 1.54) is 0 Å². The number of hydrogen-bond donors (Lipinski definition) is 1. The number of allylic oxidation sites excluding steroid dienone is 1. The number of likely N-dealkylation sites (tertiary alicyclic amines) is 1. The lowest BCUT2D eigenvalue weighted by Crippen LogP contribution is -2.60. The van der Waals surface area contributed by atoms with Gasteiger partial charge in [-0.2, -0.15) is 0 Å². The third-order valence-corrected chi connectivity index (χ3v) is 8.94. The van der Waals surface area contributed by atoms with Gasteiger partial charge < -0.3 is 24.4 Å². The van der Waals surface area contributed by atoms with Gasteiger partial charge in [0, 0.05) is 12.6 Å². The Morgan fingerprint density at radius 2 is 1.95 bits per heavy atom. The highest BCUT2D eigenvalue weighted by Crippen LogP contribution is 2.64. The quantitative estimate of drug-likeness (QED) is 0.177. The number of amides is 2. The SMILES string of the molecule is C=CCCCCOC(=O)[C@H]1[C@H]2C(=O)N([C@@H](CO)CC(C)C)C(C(=O)N(CC=C)C(C)CCC)C23CC[C@]1(C)O3. The second-order valence-electron chi connectivity index (χ2n) is 12.3. The van der Waals surface area contributed by atoms with Gasteiger partial charge in [0.05, 0.1) is 30.8 Å². The molecule has 3 unspecified atom stereocenters. The van der Waals surface area contributed by atoms with E-state index in [1.54, 1.807) is 15.9 Å². The first-order valence-corrected chi connectivity index (χ1v) is 14.8. The first kappa shape index (κ1) is 31.3. The van der Waals surface area contributed by atoms with E-state index in [-0.39, 0.29) is 37.0 Å². The topological polar surface area (TPSA) is 96.4 Å². The molecule has 3 rings (SSSR count). The minimum atomic E-state index is -1.13. The number of carbonyl (C=O) groups excluding carboxylic acids is 3. The van der Waals surface area contributed by atoms with Crippen molar-refractivity contribution in [3.05, 3.63) is 25.3 Å². The predicted molar refractivity (Wildman–Crippen MR) is 151 cm³/mol. The van der Waals surface area contributed by atoms with Crippen LogP contribution in [0.5, 0.6) is 0 Å². The van der Waals surface area contributed by atoms with Crippen LogP contribution in [0.15, 0.2) is 25.3 Å². The lowest BCUT2D eigenvalue weighted by atomic mass is 9.66. The van der Waals surface area contributed by atoms with Crippen molar-refractivity contribution in [2.45, 2.75) is 115 Å². The van der Waals surface area contributed by atoms with E-state index in [1.807, 2.05) is 33.8 Å². The van der Waals surface area contributed by atoms with E-state index >= 15 is 0 Å². The molecule has 0 saturated carbocycles. The lowest BCUT2D eigenvalue weighted by molar-refractivity contribution is -0.162. The standard InChI is InChI=1S/C31H50N2O6/c1-8-11-12-13-18-38-29(37)25-24-27(35)33(23(20-34)19-21(4)5)26(31(24)16-15-30(25,7)39-31)28(36)32(17-10-3)22(6)14-9-2/h8,10,21-26,34H,1,3,9,11-20H2,2,4-7H3/t22?,23-,24+,25-,26?,30+,31?/m1/s1. The van der Waals surface area contributed by atoms with Crippen LogP contribution in [0.25, 0.3) is 0 Å². The van der Waals surface area contributed by atoms with Crippen molar-refractivity contribution in [2.75, 3.05) is 19.8 Å². The van der Waals surface area contributed by atoms with E-state index < -0.39 is 41.1 Å². The van der Waals surface area contributed by atoms with Crippen LogP contribution in [0.2, 0.25) is 0 Å². The van der Waals surface area contributed by atoms with Crippen molar-refractivity contribution < 1.29 is 29.0 Å². The summed E-state index contributed by atoms with van der Waals surface area (Å²) in [7, 11) is 0. The van der Waals surface area contributed by atoms with E-state index in [9.17, 15) is 19.5 Å². The maximum atomic E-state index is 14.5. The summed E-state index contributed by atoms with van der Waals surface area (Å²) in [6.07, 6.45) is 9.29. The summed E-state index contributed by atoms with van der Waals surface area (Å²) >= 11 is 0. The van der Waals surface area contributed by atoms with Gasteiger partial charge >= 0.3 is 5.97 Å². The van der Waals surface area contributed by atoms with E-state index in [4.69, 9.17) is 9.47 Å². The molecule has 8 heteroatoms. The van der Waals surface area contributed by atoms with Gasteiger partial charge in [-0.05, 0) is 64.7 Å². The number of hydrogen-bond acceptors (Lipinski definition) is 6. The molecule has 0 aromatic heterocycles. The van der Waals surface area contributed by atoms with E-state index in [0.29, 0.717) is 32.2 Å². The maximum Gasteiger partial charge on any atom is 0.312 e. The Morgan fingerprint density at radius 1 is 1.23 bits per heavy atom. The zero-order valence-corrected chi connectivity index (χ0v) is 24.7. The number of aliphatic hydroxyl groups is 1. The van der Waals surface area contributed by atoms with Crippen LogP contribution in [0.3, 0.4) is 0 Å². The summed E-state index contributed by atoms with van der Waals surface area (Å²) in [5, 5.41) is 10.5. The summed E-state index contributed by atoms with van der Waals surface area (Å²) in [6.45, 7) is 18.0. The average Bonchev–Trinajstić information content (AvgIpc) is 3.46. The Labute approximate surface area is 234 Å². The molecule has 3 fully saturated rings. The zero-order chi connectivity index (χ0) is 29.0. The van der Waals surface area contributed by atoms with Gasteiger partial charge in [0.2, 0.25) is 11.8 Å². The number of aliphatic hydroxyl groups excluding tert-OH is 1. The molecule has 2 amide bonds. The summed E-state index contributed by atoms with van der Waals surface area (Å²) in [6, 6.07) is -1.53. The largest absolute Gasteiger partial charge is 0.465 e. The summed E-state index contributed by atoms with van der Waals surface area (Å²) in [5.41, 5.74) is -2.01. The van der Waals surface area contributed by atoms with Crippen molar-refractivity contribution in [1.82, 2.24) is 9.80 Å². The molecule has 1 spiro atoms. The molecule has 220 valence electrons. The highest BCUT2D eigenvalue weighted by molar-refractivity contribution is 5.98. The number of carbonyl (C=O) groups is 3. The number of nitrogens with zero attached hydrogens (tertiary/aromatic N) is 2. The van der Waals surface area contributed by atoms with Crippen LogP contribution < -0.4 is 0 Å². The van der Waals surface area contributed by atoms with Gasteiger partial charge in [-0.3, -0.25) is 14.4 Å². The molecule has 3 aliphatic heterocycles. The highest BCUT2D eigenvalue weighted by Gasteiger charge is 2.79. The Hall–Kier alpha value is -2.19. The number of rotatable bonds is 16. The van der Waals surface area contributed by atoms with Gasteiger partial charge in [0.1, 0.15) is 17.6 Å². The van der Waals surface area contributed by atoms with Crippen molar-refractivity contribution in [1.29, 1.82) is 0 Å². The van der Waals surface area contributed by atoms with Crippen LogP contribution in [-0.4, -0.2) is 81.8 Å². The molecule has 8 nitrogen and oxygen atoms in total. The molecule has 0 aromatic carbocycles. The fraction of sp³-hybridized carbons (Fsp3) is 0.774. The molecule has 3 aliphatic rings. The van der Waals surface area contributed by atoms with Crippen LogP contribution >= 0.6 is 0 Å². The molecule has 7 atom stereocenters. The highest BCUT2D eigenvalue weighted by atomic mass is 16.6. The summed E-state index contributed by atoms with van der Waals surface area (Å²) in [4.78, 5) is 45.7. The Bertz CT molecular complexity index is 921. The first-order valence-electron chi connectivity index (χ1n) is 14.8. The second-order valence-corrected chi connectivity index (χ2v) is 12.3. The zero-order valence-electron chi connectivity index (χ0n) is 24.7. The number of fused-ring (bicyclic) bond motifs is 1. The van der Waals surface area contributed by atoms with E-state index in [0.717, 1.165) is 25.7 Å². The molecular weight excluding hydrogens is 496 g/mol. The molecule has 0 aromatic rings. The lowest BCUT2D eigenvalue weighted by Gasteiger charge is -2.41. The molecule has 2 bridgehead atoms. The number of esters is 1. The minimum absolute atomic E-state index is 0.0592. The van der Waals surface area contributed by atoms with Gasteiger partial charge in [-0.1, -0.05) is 39.3 Å². The number of unbranched alkanes of at least 4 members (excludes halogenated alkanes) is 2. The third kappa shape index (κ3) is 5.83. The number of ether oxygens (including phenoxy) is 2. The fourth-order valence-electron chi connectivity index (χ4n) is 7.22. The van der Waals surface area contributed by atoms with Crippen molar-refractivity contribution >= 4 is 17.8 Å². The maximum absolute atomic E-state index is 14.5. The Balaban J connectivity index is 2.03. The predicted octanol–water partition coefficient (Wildman–Crippen LogP) is 4.26. The fourth-order valence-corrected chi connectivity index (χ4v) is 7.22. The monoisotopic (exact) mass is 546 g/mol. The molecule has 39 heavy (non-hydrogen) atoms. The molecule has 1 N–H and O–H groups in total. The van der Waals surface area contributed by atoms with Gasteiger partial charge in [0.25, 0.3) is 0 Å². The molecule has 3 saturated heterocycles.